The molecule has 1 saturated carbocycles. The van der Waals surface area contributed by atoms with Crippen LogP contribution in [-0.4, -0.2) is 29.2 Å². The van der Waals surface area contributed by atoms with Crippen molar-refractivity contribution < 1.29 is 0 Å². The van der Waals surface area contributed by atoms with E-state index in [2.05, 4.69) is 63.9 Å². The Hall–Kier alpha value is -1.38. The zero-order chi connectivity index (χ0) is 16.0. The highest BCUT2D eigenvalue weighted by atomic mass is 15.3. The minimum Gasteiger partial charge on any atom is -0.290 e. The molecule has 0 aromatic rings. The van der Waals surface area contributed by atoms with Gasteiger partial charge in [0.2, 0.25) is 0 Å². The van der Waals surface area contributed by atoms with Crippen molar-refractivity contribution in [3.8, 4) is 0 Å². The average Bonchev–Trinajstić information content (AvgIpc) is 2.48. The number of allylic oxidation sites excluding steroid dienone is 2. The van der Waals surface area contributed by atoms with Crippen LogP contribution in [0.3, 0.4) is 0 Å². The van der Waals surface area contributed by atoms with Crippen molar-refractivity contribution in [3.63, 3.8) is 0 Å². The van der Waals surface area contributed by atoms with Gasteiger partial charge in [-0.3, -0.25) is 14.9 Å². The molecule has 2 unspecified atom stereocenters. The number of fused-ring (bicyclic) bond motifs is 2. The minimum absolute atomic E-state index is 0.237. The summed E-state index contributed by atoms with van der Waals surface area (Å²) in [5.41, 5.74) is 0.484. The molecule has 2 aliphatic heterocycles. The van der Waals surface area contributed by atoms with Crippen LogP contribution < -0.4 is 0 Å². The first-order valence-electron chi connectivity index (χ1n) is 8.63. The molecule has 22 heavy (non-hydrogen) atoms. The summed E-state index contributed by atoms with van der Waals surface area (Å²) in [6.07, 6.45) is 12.0. The fourth-order valence-corrected chi connectivity index (χ4v) is 3.99. The highest BCUT2D eigenvalue weighted by molar-refractivity contribution is 6.10. The lowest BCUT2D eigenvalue weighted by molar-refractivity contribution is 0.0598. The predicted molar refractivity (Wildman–Crippen MR) is 94.2 cm³/mol. The van der Waals surface area contributed by atoms with E-state index in [4.69, 9.17) is 9.98 Å². The molecule has 0 aromatic heterocycles. The number of hydrogen-bond acceptors (Lipinski definition) is 2. The predicted octanol–water partition coefficient (Wildman–Crippen LogP) is 4.42. The average molecular weight is 299 g/mol. The lowest BCUT2D eigenvalue weighted by Gasteiger charge is -2.54. The molecule has 0 bridgehead atoms. The zero-order valence-corrected chi connectivity index (χ0v) is 14.6. The van der Waals surface area contributed by atoms with Crippen molar-refractivity contribution in [2.75, 3.05) is 6.54 Å². The van der Waals surface area contributed by atoms with Gasteiger partial charge in [-0.05, 0) is 42.2 Å². The third kappa shape index (κ3) is 2.45. The Balaban J connectivity index is 2.13. The summed E-state index contributed by atoms with van der Waals surface area (Å²) in [7, 11) is 0. The van der Waals surface area contributed by atoms with Gasteiger partial charge in [-0.2, -0.15) is 0 Å². The van der Waals surface area contributed by atoms with Gasteiger partial charge in [0.1, 0.15) is 11.7 Å². The summed E-state index contributed by atoms with van der Waals surface area (Å²) >= 11 is 0. The molecule has 0 aromatic carbocycles. The van der Waals surface area contributed by atoms with Crippen LogP contribution >= 0.6 is 0 Å². The van der Waals surface area contributed by atoms with Gasteiger partial charge in [0.25, 0.3) is 0 Å². The number of hydrogen-bond donors (Lipinski definition) is 0. The fraction of sp³-hybridized carbons (Fsp3) is 0.684. The molecule has 2 atom stereocenters. The van der Waals surface area contributed by atoms with E-state index in [1.165, 1.54) is 18.7 Å². The normalized spacial score (nSPS) is 33.4. The Kier molecular flexibility index (Phi) is 3.78. The molecule has 0 amide bonds. The molecular formula is C19H29N3. The first kappa shape index (κ1) is 15.5. The molecule has 2 heterocycles. The molecule has 1 aliphatic carbocycles. The Morgan fingerprint density at radius 2 is 1.91 bits per heavy atom. The van der Waals surface area contributed by atoms with Gasteiger partial charge in [0.15, 0.2) is 0 Å². The van der Waals surface area contributed by atoms with Gasteiger partial charge >= 0.3 is 0 Å². The van der Waals surface area contributed by atoms with E-state index in [1.54, 1.807) is 0 Å². The maximum Gasteiger partial charge on any atom is 0.133 e. The van der Waals surface area contributed by atoms with Crippen LogP contribution in [0.25, 0.3) is 0 Å². The van der Waals surface area contributed by atoms with Gasteiger partial charge < -0.3 is 0 Å². The lowest BCUT2D eigenvalue weighted by atomic mass is 9.56. The Morgan fingerprint density at radius 3 is 2.64 bits per heavy atom. The smallest absolute Gasteiger partial charge is 0.133 e. The second kappa shape index (κ2) is 5.36. The van der Waals surface area contributed by atoms with E-state index < -0.39 is 0 Å². The summed E-state index contributed by atoms with van der Waals surface area (Å²) in [6.45, 7) is 12.6. The SMILES string of the molecule is CCCN=C1C2C(N=C3C=CC=CN31)C(C)(C)CCC2(C)C. The third-order valence-electron chi connectivity index (χ3n) is 5.50. The van der Waals surface area contributed by atoms with Crippen LogP contribution in [0, 0.1) is 16.7 Å². The molecule has 3 nitrogen and oxygen atoms in total. The molecule has 0 saturated heterocycles. The van der Waals surface area contributed by atoms with Gasteiger partial charge in [-0.15, -0.1) is 0 Å². The quantitative estimate of drug-likeness (QED) is 0.741. The van der Waals surface area contributed by atoms with Gasteiger partial charge in [0, 0.05) is 18.7 Å². The van der Waals surface area contributed by atoms with Crippen molar-refractivity contribution in [1.82, 2.24) is 4.90 Å². The molecule has 1 fully saturated rings. The van der Waals surface area contributed by atoms with Crippen molar-refractivity contribution >= 4 is 11.7 Å². The van der Waals surface area contributed by atoms with Crippen LogP contribution in [-0.2, 0) is 0 Å². The number of amidine groups is 2. The highest BCUT2D eigenvalue weighted by Gasteiger charge is 2.53. The second-order valence-corrected chi connectivity index (χ2v) is 8.20. The molecule has 0 radical (unpaired) electrons. The molecule has 3 heteroatoms. The van der Waals surface area contributed by atoms with Crippen molar-refractivity contribution in [1.29, 1.82) is 0 Å². The van der Waals surface area contributed by atoms with Crippen molar-refractivity contribution in [2.24, 2.45) is 26.7 Å². The Bertz CT molecular complexity index is 563. The van der Waals surface area contributed by atoms with Crippen LogP contribution in [0.4, 0.5) is 0 Å². The van der Waals surface area contributed by atoms with Crippen LogP contribution in [0.5, 0.6) is 0 Å². The van der Waals surface area contributed by atoms with E-state index in [-0.39, 0.29) is 10.8 Å². The van der Waals surface area contributed by atoms with E-state index in [9.17, 15) is 0 Å². The maximum absolute atomic E-state index is 5.16. The van der Waals surface area contributed by atoms with Crippen molar-refractivity contribution in [2.45, 2.75) is 59.9 Å². The highest BCUT2D eigenvalue weighted by Crippen LogP contribution is 2.52. The van der Waals surface area contributed by atoms with Gasteiger partial charge in [-0.25, -0.2) is 0 Å². The van der Waals surface area contributed by atoms with E-state index in [0.717, 1.165) is 18.8 Å². The van der Waals surface area contributed by atoms with Gasteiger partial charge in [0.05, 0.1) is 6.04 Å². The van der Waals surface area contributed by atoms with E-state index >= 15 is 0 Å². The first-order chi connectivity index (χ1) is 10.4. The van der Waals surface area contributed by atoms with Crippen LogP contribution in [0.15, 0.2) is 34.4 Å². The molecule has 3 aliphatic rings. The topological polar surface area (TPSA) is 28.0 Å². The van der Waals surface area contributed by atoms with Crippen LogP contribution in [0.1, 0.15) is 53.9 Å². The summed E-state index contributed by atoms with van der Waals surface area (Å²) < 4.78 is 0. The number of nitrogens with zero attached hydrogens (tertiary/aromatic N) is 3. The van der Waals surface area contributed by atoms with Gasteiger partial charge in [-0.1, -0.05) is 40.7 Å². The third-order valence-corrected chi connectivity index (χ3v) is 5.50. The lowest BCUT2D eigenvalue weighted by Crippen LogP contribution is -2.58. The van der Waals surface area contributed by atoms with E-state index in [0.29, 0.717) is 12.0 Å². The largest absolute Gasteiger partial charge is 0.290 e. The van der Waals surface area contributed by atoms with Crippen LogP contribution in [0.2, 0.25) is 0 Å². The zero-order valence-electron chi connectivity index (χ0n) is 14.6. The Labute approximate surface area is 134 Å². The first-order valence-corrected chi connectivity index (χ1v) is 8.63. The fourth-order valence-electron chi connectivity index (χ4n) is 3.99. The molecular weight excluding hydrogens is 270 g/mol. The standard InChI is InChI=1S/C19H29N3/c1-6-12-20-17-15-16(19(4,5)11-10-18(15,2)3)21-14-9-7-8-13-22(14)17/h7-9,13,15-16H,6,10-12H2,1-5H3. The summed E-state index contributed by atoms with van der Waals surface area (Å²) in [5.74, 6) is 2.70. The molecule has 0 spiro atoms. The van der Waals surface area contributed by atoms with E-state index in [1.807, 2.05) is 0 Å². The van der Waals surface area contributed by atoms with Crippen molar-refractivity contribution in [3.05, 3.63) is 24.4 Å². The monoisotopic (exact) mass is 299 g/mol. The Morgan fingerprint density at radius 1 is 1.18 bits per heavy atom. The summed E-state index contributed by atoms with van der Waals surface area (Å²) in [4.78, 5) is 12.4. The molecule has 120 valence electrons. The molecule has 3 rings (SSSR count). The molecule has 0 N–H and O–H groups in total. The summed E-state index contributed by atoms with van der Waals surface area (Å²) in [5, 5.41) is 0. The minimum atomic E-state index is 0.237. The summed E-state index contributed by atoms with van der Waals surface area (Å²) in [6, 6.07) is 0.328. The second-order valence-electron chi connectivity index (χ2n) is 8.20. The number of rotatable bonds is 2. The number of aliphatic imine (C=N–C) groups is 2. The maximum atomic E-state index is 5.16.